The van der Waals surface area contributed by atoms with Crippen molar-refractivity contribution in [2.45, 2.75) is 49.0 Å². The highest BCUT2D eigenvalue weighted by Crippen LogP contribution is 2.30. The maximum atomic E-state index is 14.3. The Morgan fingerprint density at radius 1 is 1.02 bits per heavy atom. The molecule has 52 heavy (non-hydrogen) atoms. The van der Waals surface area contributed by atoms with Crippen LogP contribution in [0.15, 0.2) is 94.9 Å². The Morgan fingerprint density at radius 3 is 2.33 bits per heavy atom. The molecule has 1 aliphatic heterocycles. The summed E-state index contributed by atoms with van der Waals surface area (Å²) in [6.45, 7) is 0.162. The molecule has 0 spiro atoms. The van der Waals surface area contributed by atoms with Crippen LogP contribution in [0.2, 0.25) is 0 Å². The number of carboxylic acids is 1. The Hall–Kier alpha value is -5.48. The van der Waals surface area contributed by atoms with Crippen LogP contribution in [-0.2, 0) is 43.8 Å². The van der Waals surface area contributed by atoms with Gasteiger partial charge >= 0.3 is 12.1 Å². The molecule has 1 atom stereocenters. The van der Waals surface area contributed by atoms with E-state index in [0.29, 0.717) is 30.5 Å². The second kappa shape index (κ2) is 15.8. The molecule has 1 saturated heterocycles. The lowest BCUT2D eigenvalue weighted by atomic mass is 10.1. The Morgan fingerprint density at radius 2 is 1.69 bits per heavy atom. The molecule has 0 unspecified atom stereocenters. The molecule has 1 heterocycles. The van der Waals surface area contributed by atoms with Gasteiger partial charge < -0.3 is 25.9 Å². The highest BCUT2D eigenvalue weighted by molar-refractivity contribution is 7.89. The average molecular weight is 740 g/mol. The van der Waals surface area contributed by atoms with Gasteiger partial charge in [-0.1, -0.05) is 54.6 Å². The molecule has 274 valence electrons. The molecular formula is C36H36F3N5O7S. The predicted octanol–water partition coefficient (Wildman–Crippen LogP) is 3.85. The van der Waals surface area contributed by atoms with Gasteiger partial charge in [0.15, 0.2) is 0 Å². The maximum absolute atomic E-state index is 14.3. The van der Waals surface area contributed by atoms with E-state index in [4.69, 9.17) is 20.5 Å². The summed E-state index contributed by atoms with van der Waals surface area (Å²) >= 11 is 0. The van der Waals surface area contributed by atoms with Gasteiger partial charge in [0.05, 0.1) is 24.8 Å². The maximum Gasteiger partial charge on any atom is 0.490 e. The van der Waals surface area contributed by atoms with Crippen molar-refractivity contribution in [3.8, 4) is 5.75 Å². The zero-order chi connectivity index (χ0) is 37.6. The summed E-state index contributed by atoms with van der Waals surface area (Å²) in [6, 6.07) is 24.5. The number of methoxy groups -OCH3 is 1. The van der Waals surface area contributed by atoms with Crippen molar-refractivity contribution >= 4 is 44.8 Å². The quantitative estimate of drug-likeness (QED) is 0.125. The normalized spacial score (nSPS) is 16.2. The van der Waals surface area contributed by atoms with Gasteiger partial charge in [0.25, 0.3) is 0 Å². The van der Waals surface area contributed by atoms with Crippen LogP contribution in [0.5, 0.6) is 5.75 Å². The number of halogens is 3. The van der Waals surface area contributed by atoms with E-state index >= 15 is 0 Å². The summed E-state index contributed by atoms with van der Waals surface area (Å²) in [4.78, 5) is 37.9. The summed E-state index contributed by atoms with van der Waals surface area (Å²) in [5, 5.41) is 15.2. The Balaban J connectivity index is 0.000000679. The van der Waals surface area contributed by atoms with Crippen molar-refractivity contribution < 1.29 is 45.8 Å². The van der Waals surface area contributed by atoms with Gasteiger partial charge in [0, 0.05) is 19.1 Å². The molecule has 2 amide bonds. The van der Waals surface area contributed by atoms with Crippen molar-refractivity contribution in [3.05, 3.63) is 107 Å². The summed E-state index contributed by atoms with van der Waals surface area (Å²) in [6.07, 6.45) is -1.96. The Labute approximate surface area is 297 Å². The molecule has 4 N–H and O–H groups in total. The van der Waals surface area contributed by atoms with Crippen molar-refractivity contribution in [2.24, 2.45) is 10.9 Å². The number of alkyl halides is 3. The number of aliphatic carboxylic acids is 1. The van der Waals surface area contributed by atoms with Crippen LogP contribution < -0.4 is 15.9 Å². The molecule has 0 saturated carbocycles. The number of nitrogens with two attached hydrogens (primary N) is 1. The Bertz CT molecular complexity index is 2080. The topological polar surface area (TPSA) is 172 Å². The summed E-state index contributed by atoms with van der Waals surface area (Å²) < 4.78 is 66.8. The van der Waals surface area contributed by atoms with Crippen LogP contribution in [0.1, 0.15) is 28.7 Å². The Kier molecular flexibility index (Phi) is 11.5. The van der Waals surface area contributed by atoms with Crippen molar-refractivity contribution in [3.63, 3.8) is 0 Å². The third-order valence-corrected chi connectivity index (χ3v) is 10.6. The highest BCUT2D eigenvalue weighted by Gasteiger charge is 2.43. The van der Waals surface area contributed by atoms with Gasteiger partial charge in [0.1, 0.15) is 11.8 Å². The minimum absolute atomic E-state index is 0.00403. The highest BCUT2D eigenvalue weighted by atomic mass is 32.2. The van der Waals surface area contributed by atoms with Gasteiger partial charge in [-0.05, 0) is 82.6 Å². The lowest BCUT2D eigenvalue weighted by Crippen LogP contribution is -2.50. The van der Waals surface area contributed by atoms with E-state index in [1.165, 1.54) is 23.4 Å². The molecule has 0 aromatic heterocycles. The van der Waals surface area contributed by atoms with Gasteiger partial charge in [-0.3, -0.25) is 9.59 Å². The molecule has 4 aromatic carbocycles. The number of amides is 2. The van der Waals surface area contributed by atoms with Gasteiger partial charge in [-0.15, -0.1) is 0 Å². The molecule has 6 rings (SSSR count). The standard InChI is InChI=1S/C34H35N5O5S.C2HF3O2/c1-44-30-11-9-25-10-12-31(19-28(25)18-30)45(42,43)39(22-33(40)37-29-16-26-7-2-3-8-27(26)17-29)32-13-14-38(34(32)41)21-24-6-4-5-23(15-24)20-36-35;3-2(4,5)1(6)7/h2-12,15,18-20,29,32H,13-14,16-17,21-22,35H2,1H3,(H,37,40);(H,6,7)/t32-;/m0./s1. The van der Waals surface area contributed by atoms with Crippen molar-refractivity contribution in [2.75, 3.05) is 20.2 Å². The number of hydrogen-bond donors (Lipinski definition) is 3. The molecule has 0 bridgehead atoms. The summed E-state index contributed by atoms with van der Waals surface area (Å²) in [5.41, 5.74) is 3.99. The molecule has 1 aliphatic carbocycles. The number of carbonyl (C=O) groups excluding carboxylic acids is 2. The van der Waals surface area contributed by atoms with E-state index in [1.807, 2.05) is 54.6 Å². The van der Waals surface area contributed by atoms with Crippen LogP contribution in [0, 0.1) is 0 Å². The second-order valence-corrected chi connectivity index (χ2v) is 14.1. The zero-order valence-electron chi connectivity index (χ0n) is 27.9. The number of fused-ring (bicyclic) bond motifs is 2. The first kappa shape index (κ1) is 37.8. The fraction of sp³-hybridized carbons (Fsp3) is 0.278. The molecule has 1 fully saturated rings. The van der Waals surface area contributed by atoms with Gasteiger partial charge in [-0.25, -0.2) is 13.2 Å². The largest absolute Gasteiger partial charge is 0.497 e. The van der Waals surface area contributed by atoms with Crippen molar-refractivity contribution in [1.29, 1.82) is 0 Å². The monoisotopic (exact) mass is 739 g/mol. The number of hydrogen-bond acceptors (Lipinski definition) is 8. The predicted molar refractivity (Wildman–Crippen MR) is 186 cm³/mol. The number of hydrazone groups is 1. The van der Waals surface area contributed by atoms with E-state index < -0.39 is 40.7 Å². The second-order valence-electron chi connectivity index (χ2n) is 12.3. The first-order chi connectivity index (χ1) is 24.7. The number of sulfonamides is 1. The van der Waals surface area contributed by atoms with E-state index in [2.05, 4.69) is 10.4 Å². The molecule has 12 nitrogen and oxygen atoms in total. The molecule has 2 aliphatic rings. The van der Waals surface area contributed by atoms with Crippen LogP contribution in [0.25, 0.3) is 10.8 Å². The lowest BCUT2D eigenvalue weighted by Gasteiger charge is -2.28. The zero-order valence-corrected chi connectivity index (χ0v) is 28.7. The van der Waals surface area contributed by atoms with Crippen molar-refractivity contribution in [1.82, 2.24) is 14.5 Å². The SMILES string of the molecule is COc1ccc2ccc(S(=O)(=O)N(CC(=O)NC3Cc4ccccc4C3)[C@H]3CCN(Cc4cccc(C=NN)c4)C3=O)cc2c1.O=C(O)C(F)(F)F. The number of nitrogens with one attached hydrogen (secondary N) is 1. The third kappa shape index (κ3) is 8.87. The van der Waals surface area contributed by atoms with E-state index in [-0.39, 0.29) is 29.8 Å². The average Bonchev–Trinajstić information content (AvgIpc) is 3.68. The molecule has 0 radical (unpaired) electrons. The number of carboxylic acid groups (broad SMARTS) is 1. The fourth-order valence-electron chi connectivity index (χ4n) is 6.29. The first-order valence-electron chi connectivity index (χ1n) is 16.1. The van der Waals surface area contributed by atoms with Crippen LogP contribution in [0.3, 0.4) is 0 Å². The first-order valence-corrected chi connectivity index (χ1v) is 17.5. The molecule has 16 heteroatoms. The van der Waals surface area contributed by atoms with Gasteiger partial charge in [-0.2, -0.15) is 22.6 Å². The summed E-state index contributed by atoms with van der Waals surface area (Å²) in [5.74, 6) is 2.34. The van der Waals surface area contributed by atoms with E-state index in [1.54, 1.807) is 36.3 Å². The number of likely N-dealkylation sites (tertiary alicyclic amines) is 1. The third-order valence-electron chi connectivity index (χ3n) is 8.75. The molecular weight excluding hydrogens is 703 g/mol. The van der Waals surface area contributed by atoms with Crippen LogP contribution in [-0.4, -0.2) is 85.2 Å². The number of rotatable bonds is 10. The van der Waals surface area contributed by atoms with Crippen LogP contribution in [0.4, 0.5) is 13.2 Å². The number of nitrogens with zero attached hydrogens (tertiary/aromatic N) is 3. The number of carbonyl (C=O) groups is 3. The number of benzene rings is 4. The minimum atomic E-state index is -5.08. The fourth-order valence-corrected chi connectivity index (χ4v) is 7.89. The number of ether oxygens (including phenoxy) is 1. The molecule has 4 aromatic rings. The minimum Gasteiger partial charge on any atom is -0.497 e. The smallest absolute Gasteiger partial charge is 0.490 e. The van der Waals surface area contributed by atoms with Crippen LogP contribution >= 0.6 is 0 Å². The van der Waals surface area contributed by atoms with E-state index in [0.717, 1.165) is 20.8 Å². The lowest BCUT2D eigenvalue weighted by molar-refractivity contribution is -0.192. The summed E-state index contributed by atoms with van der Waals surface area (Å²) in [7, 11) is -2.72. The van der Waals surface area contributed by atoms with E-state index in [9.17, 15) is 31.2 Å². The van der Waals surface area contributed by atoms with Gasteiger partial charge in [0.2, 0.25) is 21.8 Å².